The average molecular weight is 335 g/mol. The molecule has 0 radical (unpaired) electrons. The molecule has 2 saturated heterocycles. The number of fused-ring (bicyclic) bond motifs is 1. The normalized spacial score (nSPS) is 29.4. The molecule has 1 aromatic carbocycles. The summed E-state index contributed by atoms with van der Waals surface area (Å²) in [5, 5.41) is 0. The monoisotopic (exact) mass is 334 g/mol. The van der Waals surface area contributed by atoms with Crippen LogP contribution in [0.25, 0.3) is 0 Å². The summed E-state index contributed by atoms with van der Waals surface area (Å²) in [5.41, 5.74) is 3.81. The molecule has 0 bridgehead atoms. The van der Waals surface area contributed by atoms with E-state index in [-0.39, 0.29) is 0 Å². The van der Waals surface area contributed by atoms with Crippen molar-refractivity contribution in [2.45, 2.75) is 31.7 Å². The largest absolute Gasteiger partial charge is 0.306 e. The van der Waals surface area contributed by atoms with Crippen LogP contribution in [0.1, 0.15) is 36.4 Å². The minimum atomic E-state index is 0.657. The van der Waals surface area contributed by atoms with Crippen LogP contribution in [0.4, 0.5) is 0 Å². The van der Waals surface area contributed by atoms with E-state index in [1.54, 1.807) is 11.1 Å². The molecule has 1 aliphatic carbocycles. The number of aryl methyl sites for hydroxylation is 1. The van der Waals surface area contributed by atoms with Crippen LogP contribution in [0.3, 0.4) is 0 Å². The lowest BCUT2D eigenvalue weighted by molar-refractivity contribution is -0.0667. The molecule has 108 valence electrons. The van der Waals surface area contributed by atoms with Crippen molar-refractivity contribution in [2.75, 3.05) is 33.2 Å². The lowest BCUT2D eigenvalue weighted by Gasteiger charge is -2.56. The summed E-state index contributed by atoms with van der Waals surface area (Å²) in [7, 11) is 2.26. The number of halogens is 1. The number of piperidine rings is 1. The van der Waals surface area contributed by atoms with E-state index in [1.807, 2.05) is 0 Å². The van der Waals surface area contributed by atoms with E-state index < -0.39 is 0 Å². The van der Waals surface area contributed by atoms with Crippen molar-refractivity contribution >= 4 is 15.9 Å². The molecular formula is C17H23BrN2. The van der Waals surface area contributed by atoms with E-state index >= 15 is 0 Å². The molecule has 20 heavy (non-hydrogen) atoms. The second-order valence-electron chi connectivity index (χ2n) is 7.11. The van der Waals surface area contributed by atoms with E-state index in [0.29, 0.717) is 11.5 Å². The molecular weight excluding hydrogens is 312 g/mol. The fraction of sp³-hybridized carbons (Fsp3) is 0.647. The standard InChI is InChI=1S/C17H23BrN2/c1-19-8-6-17(7-9-19)11-20(12-17)16-5-2-13-10-14(18)3-4-15(13)16/h3-4,10,16H,2,5-9,11-12H2,1H3/t16-/m1/s1. The zero-order chi connectivity index (χ0) is 13.7. The Morgan fingerprint density at radius 3 is 2.70 bits per heavy atom. The van der Waals surface area contributed by atoms with Crippen LogP contribution in [-0.4, -0.2) is 43.0 Å². The van der Waals surface area contributed by atoms with Gasteiger partial charge in [-0.25, -0.2) is 0 Å². The van der Waals surface area contributed by atoms with Crippen molar-refractivity contribution < 1.29 is 0 Å². The van der Waals surface area contributed by atoms with Crippen LogP contribution in [0.2, 0.25) is 0 Å². The Kier molecular flexibility index (Phi) is 3.21. The highest BCUT2D eigenvalue weighted by molar-refractivity contribution is 9.10. The van der Waals surface area contributed by atoms with Crippen molar-refractivity contribution in [3.05, 3.63) is 33.8 Å². The molecule has 2 fully saturated rings. The quantitative estimate of drug-likeness (QED) is 0.775. The minimum absolute atomic E-state index is 0.657. The van der Waals surface area contributed by atoms with Crippen molar-refractivity contribution in [2.24, 2.45) is 5.41 Å². The van der Waals surface area contributed by atoms with Gasteiger partial charge in [-0.1, -0.05) is 22.0 Å². The number of nitrogens with zero attached hydrogens (tertiary/aromatic N) is 2. The molecule has 2 aliphatic heterocycles. The summed E-state index contributed by atoms with van der Waals surface area (Å²) in [5.74, 6) is 0. The molecule has 0 saturated carbocycles. The maximum Gasteiger partial charge on any atom is 0.0354 e. The summed E-state index contributed by atoms with van der Waals surface area (Å²) < 4.78 is 1.23. The van der Waals surface area contributed by atoms with E-state index in [4.69, 9.17) is 0 Å². The minimum Gasteiger partial charge on any atom is -0.306 e. The van der Waals surface area contributed by atoms with Crippen molar-refractivity contribution in [1.82, 2.24) is 9.80 Å². The summed E-state index contributed by atoms with van der Waals surface area (Å²) in [6.07, 6.45) is 5.38. The number of hydrogen-bond donors (Lipinski definition) is 0. The molecule has 2 nitrogen and oxygen atoms in total. The van der Waals surface area contributed by atoms with Crippen LogP contribution in [0, 0.1) is 5.41 Å². The highest BCUT2D eigenvalue weighted by Gasteiger charge is 2.47. The van der Waals surface area contributed by atoms with Gasteiger partial charge >= 0.3 is 0 Å². The Bertz CT molecular complexity index is 512. The molecule has 1 aromatic rings. The fourth-order valence-electron chi connectivity index (χ4n) is 4.39. The highest BCUT2D eigenvalue weighted by Crippen LogP contribution is 2.47. The molecule has 3 aliphatic rings. The maximum absolute atomic E-state index is 3.60. The van der Waals surface area contributed by atoms with Gasteiger partial charge in [-0.2, -0.15) is 0 Å². The first-order valence-corrected chi connectivity index (χ1v) is 8.66. The summed E-state index contributed by atoms with van der Waals surface area (Å²) in [6.45, 7) is 5.26. The van der Waals surface area contributed by atoms with Gasteiger partial charge in [-0.15, -0.1) is 0 Å². The summed E-state index contributed by atoms with van der Waals surface area (Å²) in [6, 6.07) is 7.57. The van der Waals surface area contributed by atoms with Gasteiger partial charge in [0.2, 0.25) is 0 Å². The van der Waals surface area contributed by atoms with Crippen LogP contribution < -0.4 is 0 Å². The maximum atomic E-state index is 3.60. The van der Waals surface area contributed by atoms with Gasteiger partial charge in [0.1, 0.15) is 0 Å². The third kappa shape index (κ3) is 2.15. The smallest absolute Gasteiger partial charge is 0.0354 e. The lowest BCUT2D eigenvalue weighted by atomic mass is 9.71. The van der Waals surface area contributed by atoms with Crippen LogP contribution in [-0.2, 0) is 6.42 Å². The number of likely N-dealkylation sites (tertiary alicyclic amines) is 2. The first kappa shape index (κ1) is 13.3. The molecule has 0 unspecified atom stereocenters. The Labute approximate surface area is 130 Å². The number of hydrogen-bond acceptors (Lipinski definition) is 2. The zero-order valence-electron chi connectivity index (χ0n) is 12.2. The first-order chi connectivity index (χ1) is 9.65. The van der Waals surface area contributed by atoms with Crippen molar-refractivity contribution in [1.29, 1.82) is 0 Å². The van der Waals surface area contributed by atoms with E-state index in [0.717, 1.165) is 0 Å². The third-order valence-electron chi connectivity index (χ3n) is 5.72. The Balaban J connectivity index is 1.45. The van der Waals surface area contributed by atoms with E-state index in [9.17, 15) is 0 Å². The molecule has 0 aromatic heterocycles. The topological polar surface area (TPSA) is 6.48 Å². The Hall–Kier alpha value is -0.380. The highest BCUT2D eigenvalue weighted by atomic mass is 79.9. The van der Waals surface area contributed by atoms with Gasteiger partial charge in [-0.05, 0) is 74.5 Å². The second-order valence-corrected chi connectivity index (χ2v) is 8.02. The van der Waals surface area contributed by atoms with Gasteiger partial charge in [-0.3, -0.25) is 4.90 Å². The number of rotatable bonds is 1. The van der Waals surface area contributed by atoms with Crippen LogP contribution >= 0.6 is 15.9 Å². The van der Waals surface area contributed by atoms with Crippen molar-refractivity contribution in [3.8, 4) is 0 Å². The fourth-order valence-corrected chi connectivity index (χ4v) is 4.80. The van der Waals surface area contributed by atoms with Gasteiger partial charge in [0.25, 0.3) is 0 Å². The molecule has 1 atom stereocenters. The molecule has 0 N–H and O–H groups in total. The Morgan fingerprint density at radius 2 is 1.95 bits per heavy atom. The van der Waals surface area contributed by atoms with E-state index in [2.05, 4.69) is 51.0 Å². The molecule has 4 rings (SSSR count). The summed E-state index contributed by atoms with van der Waals surface area (Å²) in [4.78, 5) is 5.22. The number of benzene rings is 1. The lowest BCUT2D eigenvalue weighted by Crippen LogP contribution is -2.60. The van der Waals surface area contributed by atoms with E-state index in [1.165, 1.54) is 56.3 Å². The average Bonchev–Trinajstić information content (AvgIpc) is 2.80. The third-order valence-corrected chi connectivity index (χ3v) is 6.21. The van der Waals surface area contributed by atoms with Gasteiger partial charge in [0.15, 0.2) is 0 Å². The predicted molar refractivity (Wildman–Crippen MR) is 85.9 cm³/mol. The predicted octanol–water partition coefficient (Wildman–Crippen LogP) is 3.46. The van der Waals surface area contributed by atoms with Crippen LogP contribution in [0.15, 0.2) is 22.7 Å². The SMILES string of the molecule is CN1CCC2(CC1)CN([C@@H]1CCc3cc(Br)ccc31)C2. The van der Waals surface area contributed by atoms with Crippen LogP contribution in [0.5, 0.6) is 0 Å². The van der Waals surface area contributed by atoms with Gasteiger partial charge in [0.05, 0.1) is 0 Å². The Morgan fingerprint density at radius 1 is 1.20 bits per heavy atom. The zero-order valence-corrected chi connectivity index (χ0v) is 13.8. The molecule has 1 spiro atoms. The molecule has 2 heterocycles. The summed E-state index contributed by atoms with van der Waals surface area (Å²) >= 11 is 3.60. The second kappa shape index (κ2) is 4.82. The molecule has 0 amide bonds. The van der Waals surface area contributed by atoms with Crippen molar-refractivity contribution in [3.63, 3.8) is 0 Å². The first-order valence-electron chi connectivity index (χ1n) is 7.86. The van der Waals surface area contributed by atoms with Gasteiger partial charge in [0, 0.05) is 23.6 Å². The molecule has 3 heteroatoms. The van der Waals surface area contributed by atoms with Gasteiger partial charge < -0.3 is 4.90 Å².